The smallest absolute Gasteiger partial charge is 0.254 e. The summed E-state index contributed by atoms with van der Waals surface area (Å²) in [6.45, 7) is 1.17. The molecule has 5 nitrogen and oxygen atoms in total. The summed E-state index contributed by atoms with van der Waals surface area (Å²) < 4.78 is 30.1. The highest BCUT2D eigenvalue weighted by Crippen LogP contribution is 2.37. The van der Waals surface area contributed by atoms with Gasteiger partial charge in [0.05, 0.1) is 16.8 Å². The lowest BCUT2D eigenvalue weighted by atomic mass is 10.1. The monoisotopic (exact) mass is 509 g/mol. The Labute approximate surface area is 209 Å². The summed E-state index contributed by atoms with van der Waals surface area (Å²) in [7, 11) is 0. The van der Waals surface area contributed by atoms with E-state index >= 15 is 0 Å². The van der Waals surface area contributed by atoms with Crippen LogP contribution >= 0.6 is 23.3 Å². The molecule has 2 N–H and O–H groups in total. The van der Waals surface area contributed by atoms with Crippen molar-refractivity contribution in [2.24, 2.45) is 0 Å². The van der Waals surface area contributed by atoms with Crippen LogP contribution in [0, 0.1) is 11.6 Å². The number of aliphatic hydroxyl groups excluding tert-OH is 1. The van der Waals surface area contributed by atoms with Gasteiger partial charge >= 0.3 is 0 Å². The van der Waals surface area contributed by atoms with E-state index in [0.717, 1.165) is 50.0 Å². The van der Waals surface area contributed by atoms with Gasteiger partial charge in [-0.3, -0.25) is 9.78 Å². The SMILES string of the molecule is O=C1c2ccc(-c3ccc(-c4cncc(NSc5ccc(F)cc5F)c4)s3)cc2CN1CCCO. The van der Waals surface area contributed by atoms with E-state index in [-0.39, 0.29) is 12.5 Å². The molecule has 2 aromatic heterocycles. The van der Waals surface area contributed by atoms with Gasteiger partial charge in [-0.15, -0.1) is 11.3 Å². The Bertz CT molecular complexity index is 1390. The van der Waals surface area contributed by atoms with Crippen molar-refractivity contribution >= 4 is 34.9 Å². The van der Waals surface area contributed by atoms with Gasteiger partial charge in [-0.05, 0) is 72.0 Å². The number of amides is 1. The average Bonchev–Trinajstić information content (AvgIpc) is 3.47. The fourth-order valence-corrected chi connectivity index (χ4v) is 5.54. The van der Waals surface area contributed by atoms with Gasteiger partial charge in [0.2, 0.25) is 0 Å². The molecule has 0 spiro atoms. The number of rotatable bonds is 8. The van der Waals surface area contributed by atoms with Crippen LogP contribution < -0.4 is 4.72 Å². The third kappa shape index (κ3) is 5.07. The van der Waals surface area contributed by atoms with Crippen molar-refractivity contribution in [3.05, 3.63) is 89.8 Å². The van der Waals surface area contributed by atoms with Gasteiger partial charge in [-0.25, -0.2) is 8.78 Å². The van der Waals surface area contributed by atoms with Crippen LogP contribution in [0.4, 0.5) is 14.5 Å². The molecular weight excluding hydrogens is 488 g/mol. The Morgan fingerprint density at radius 2 is 1.86 bits per heavy atom. The second-order valence-corrected chi connectivity index (χ2v) is 10.0. The maximum atomic E-state index is 13.9. The molecule has 0 saturated carbocycles. The van der Waals surface area contributed by atoms with Crippen LogP contribution in [0.1, 0.15) is 22.3 Å². The molecule has 0 bridgehead atoms. The third-order valence-corrected chi connectivity index (χ3v) is 7.73. The molecule has 3 heterocycles. The lowest BCUT2D eigenvalue weighted by Gasteiger charge is -2.13. The maximum absolute atomic E-state index is 13.9. The van der Waals surface area contributed by atoms with Crippen LogP contribution in [0.15, 0.2) is 71.9 Å². The Hall–Kier alpha value is -3.27. The van der Waals surface area contributed by atoms with Crippen molar-refractivity contribution < 1.29 is 18.7 Å². The molecule has 0 saturated heterocycles. The first-order chi connectivity index (χ1) is 17.0. The van der Waals surface area contributed by atoms with E-state index in [9.17, 15) is 13.6 Å². The molecule has 0 fully saturated rings. The lowest BCUT2D eigenvalue weighted by molar-refractivity contribution is 0.0768. The minimum Gasteiger partial charge on any atom is -0.396 e. The van der Waals surface area contributed by atoms with Crippen LogP contribution in [0.2, 0.25) is 0 Å². The minimum atomic E-state index is -0.623. The summed E-state index contributed by atoms with van der Waals surface area (Å²) in [6, 6.07) is 15.4. The van der Waals surface area contributed by atoms with E-state index in [0.29, 0.717) is 30.1 Å². The average molecular weight is 510 g/mol. The van der Waals surface area contributed by atoms with Crippen LogP contribution in [-0.4, -0.2) is 34.0 Å². The lowest BCUT2D eigenvalue weighted by Crippen LogP contribution is -2.25. The summed E-state index contributed by atoms with van der Waals surface area (Å²) in [5.74, 6) is -1.22. The Morgan fingerprint density at radius 3 is 2.66 bits per heavy atom. The summed E-state index contributed by atoms with van der Waals surface area (Å²) >= 11 is 2.68. The van der Waals surface area contributed by atoms with Crippen molar-refractivity contribution in [1.82, 2.24) is 9.88 Å². The number of pyridine rings is 1. The maximum Gasteiger partial charge on any atom is 0.254 e. The number of benzene rings is 2. The highest BCUT2D eigenvalue weighted by Gasteiger charge is 2.27. The minimum absolute atomic E-state index is 0.0145. The number of carbonyl (C=O) groups excluding carboxylic acids is 1. The molecule has 9 heteroatoms. The highest BCUT2D eigenvalue weighted by atomic mass is 32.2. The van der Waals surface area contributed by atoms with E-state index in [4.69, 9.17) is 5.11 Å². The quantitative estimate of drug-likeness (QED) is 0.276. The van der Waals surface area contributed by atoms with Gasteiger partial charge in [0.25, 0.3) is 5.91 Å². The van der Waals surface area contributed by atoms with Crippen molar-refractivity contribution in [1.29, 1.82) is 0 Å². The molecule has 35 heavy (non-hydrogen) atoms. The first-order valence-corrected chi connectivity index (χ1v) is 12.6. The summed E-state index contributed by atoms with van der Waals surface area (Å²) in [6.07, 6.45) is 3.98. The normalized spacial score (nSPS) is 12.8. The molecule has 0 unspecified atom stereocenters. The van der Waals surface area contributed by atoms with E-state index in [1.807, 2.05) is 30.3 Å². The molecule has 2 aromatic carbocycles. The highest BCUT2D eigenvalue weighted by molar-refractivity contribution is 8.00. The van der Waals surface area contributed by atoms with Crippen molar-refractivity contribution in [3.8, 4) is 20.9 Å². The molecular formula is C26H21F2N3O2S2. The summed E-state index contributed by atoms with van der Waals surface area (Å²) in [4.78, 5) is 21.0. The van der Waals surface area contributed by atoms with E-state index < -0.39 is 11.6 Å². The van der Waals surface area contributed by atoms with Crippen LogP contribution in [-0.2, 0) is 6.54 Å². The number of nitrogens with one attached hydrogen (secondary N) is 1. The second-order valence-electron chi connectivity index (χ2n) is 8.08. The number of halogens is 2. The zero-order valence-electron chi connectivity index (χ0n) is 18.5. The first kappa shape index (κ1) is 23.5. The topological polar surface area (TPSA) is 65.5 Å². The number of hydrogen-bond acceptors (Lipinski definition) is 6. The number of aromatic nitrogens is 1. The van der Waals surface area contributed by atoms with Gasteiger partial charge in [-0.2, -0.15) is 0 Å². The molecule has 178 valence electrons. The Kier molecular flexibility index (Phi) is 6.81. The molecule has 0 aliphatic carbocycles. The van der Waals surface area contributed by atoms with Crippen LogP contribution in [0.25, 0.3) is 20.9 Å². The molecule has 1 aliphatic heterocycles. The number of anilines is 1. The van der Waals surface area contributed by atoms with Crippen LogP contribution in [0.3, 0.4) is 0 Å². The van der Waals surface area contributed by atoms with Crippen molar-refractivity contribution in [2.75, 3.05) is 17.9 Å². The molecule has 1 aliphatic rings. The van der Waals surface area contributed by atoms with Crippen LogP contribution in [0.5, 0.6) is 0 Å². The number of hydrogen-bond donors (Lipinski definition) is 2. The van der Waals surface area contributed by atoms with Gasteiger partial charge in [0.1, 0.15) is 11.6 Å². The fourth-order valence-electron chi connectivity index (χ4n) is 3.93. The molecule has 1 amide bonds. The van der Waals surface area contributed by atoms with E-state index in [1.54, 1.807) is 28.6 Å². The summed E-state index contributed by atoms with van der Waals surface area (Å²) in [5.41, 5.74) is 4.38. The standard InChI is InChI=1S/C26H21F2N3O2S2/c27-19-3-5-25(22(28)12-19)35-30-20-11-17(13-29-14-20)24-7-6-23(34-24)16-2-4-21-18(10-16)15-31(26(21)33)8-1-9-32/h2-7,10-14,30,32H,1,8-9,15H2. The molecule has 4 aromatic rings. The van der Waals surface area contributed by atoms with Crippen molar-refractivity contribution in [3.63, 3.8) is 0 Å². The third-order valence-electron chi connectivity index (χ3n) is 5.66. The number of aliphatic hydroxyl groups is 1. The number of thiophene rings is 1. The molecule has 0 radical (unpaired) electrons. The van der Waals surface area contributed by atoms with Gasteiger partial charge in [-0.1, -0.05) is 6.07 Å². The predicted molar refractivity (Wildman–Crippen MR) is 135 cm³/mol. The van der Waals surface area contributed by atoms with Gasteiger partial charge in [0, 0.05) is 52.8 Å². The Morgan fingerprint density at radius 1 is 1.03 bits per heavy atom. The Balaban J connectivity index is 1.31. The number of nitrogens with zero attached hydrogens (tertiary/aromatic N) is 2. The summed E-state index contributed by atoms with van der Waals surface area (Å²) in [5, 5.41) is 9.06. The zero-order chi connectivity index (χ0) is 24.4. The number of fused-ring (bicyclic) bond motifs is 1. The van der Waals surface area contributed by atoms with E-state index in [2.05, 4.69) is 15.8 Å². The van der Waals surface area contributed by atoms with E-state index in [1.165, 1.54) is 12.1 Å². The molecule has 0 atom stereocenters. The zero-order valence-corrected chi connectivity index (χ0v) is 20.1. The largest absolute Gasteiger partial charge is 0.396 e. The number of carbonyl (C=O) groups is 1. The van der Waals surface area contributed by atoms with Gasteiger partial charge in [0.15, 0.2) is 0 Å². The fraction of sp³-hybridized carbons (Fsp3) is 0.154. The second kappa shape index (κ2) is 10.2. The molecule has 5 rings (SSSR count). The first-order valence-electron chi connectivity index (χ1n) is 11.0. The van der Waals surface area contributed by atoms with Crippen molar-refractivity contribution in [2.45, 2.75) is 17.9 Å². The predicted octanol–water partition coefficient (Wildman–Crippen LogP) is 6.21. The van der Waals surface area contributed by atoms with Gasteiger partial charge < -0.3 is 14.7 Å².